The van der Waals surface area contributed by atoms with Crippen molar-refractivity contribution >= 4 is 11.6 Å². The van der Waals surface area contributed by atoms with E-state index in [-0.39, 0.29) is 5.91 Å². The highest BCUT2D eigenvalue weighted by atomic mass is 16.1. The average Bonchev–Trinajstić information content (AvgIpc) is 2.38. The van der Waals surface area contributed by atoms with Crippen LogP contribution in [0.15, 0.2) is 24.3 Å². The van der Waals surface area contributed by atoms with E-state index in [0.717, 1.165) is 25.2 Å². The van der Waals surface area contributed by atoms with Crippen molar-refractivity contribution in [2.45, 2.75) is 19.8 Å². The Balaban J connectivity index is 2.27. The summed E-state index contributed by atoms with van der Waals surface area (Å²) in [5.41, 5.74) is 2.11. The van der Waals surface area contributed by atoms with Gasteiger partial charge in [-0.2, -0.15) is 0 Å². The van der Waals surface area contributed by atoms with E-state index < -0.39 is 0 Å². The van der Waals surface area contributed by atoms with Crippen LogP contribution < -0.4 is 10.6 Å². The molecule has 0 saturated carbocycles. The maximum absolute atomic E-state index is 11.8. The quantitative estimate of drug-likeness (QED) is 0.702. The minimum atomic E-state index is 0.0678. The molecular formula is C15H25N3O. The molecule has 4 nitrogen and oxygen atoms in total. The maximum atomic E-state index is 11.8. The molecule has 0 saturated heterocycles. The molecule has 1 aromatic carbocycles. The number of rotatable bonds is 8. The Kier molecular flexibility index (Phi) is 7.15. The second kappa shape index (κ2) is 8.67. The molecular weight excluding hydrogens is 238 g/mol. The third-order valence-electron chi connectivity index (χ3n) is 2.94. The molecule has 19 heavy (non-hydrogen) atoms. The molecule has 0 aliphatic rings. The number of anilines is 1. The smallest absolute Gasteiger partial charge is 0.225 e. The molecule has 1 amide bonds. The van der Waals surface area contributed by atoms with Crippen molar-refractivity contribution < 1.29 is 4.79 Å². The van der Waals surface area contributed by atoms with E-state index in [2.05, 4.69) is 22.5 Å². The van der Waals surface area contributed by atoms with Gasteiger partial charge in [-0.15, -0.1) is 0 Å². The van der Waals surface area contributed by atoms with Crippen molar-refractivity contribution in [3.05, 3.63) is 29.8 Å². The molecule has 0 spiro atoms. The normalized spacial score (nSPS) is 10.7. The lowest BCUT2D eigenvalue weighted by molar-refractivity contribution is -0.116. The summed E-state index contributed by atoms with van der Waals surface area (Å²) < 4.78 is 0. The second-order valence-electron chi connectivity index (χ2n) is 4.86. The van der Waals surface area contributed by atoms with Crippen molar-refractivity contribution in [1.82, 2.24) is 10.2 Å². The Bertz CT molecular complexity index is 391. The Morgan fingerprint density at radius 2 is 1.95 bits per heavy atom. The fraction of sp³-hybridized carbons (Fsp3) is 0.533. The summed E-state index contributed by atoms with van der Waals surface area (Å²) in [6.45, 7) is 4.70. The number of carbonyl (C=O) groups excluding carboxylic acids is 1. The Hall–Kier alpha value is -1.39. The number of nitrogens with zero attached hydrogens (tertiary/aromatic N) is 1. The van der Waals surface area contributed by atoms with Crippen LogP contribution in [-0.4, -0.2) is 44.5 Å². The lowest BCUT2D eigenvalue weighted by atomic mass is 10.1. The summed E-state index contributed by atoms with van der Waals surface area (Å²) in [7, 11) is 4.08. The van der Waals surface area contributed by atoms with Gasteiger partial charge in [-0.3, -0.25) is 4.79 Å². The molecule has 1 aromatic rings. The van der Waals surface area contributed by atoms with Gasteiger partial charge in [0.05, 0.1) is 0 Å². The van der Waals surface area contributed by atoms with Crippen LogP contribution in [0.1, 0.15) is 18.9 Å². The van der Waals surface area contributed by atoms with Crippen molar-refractivity contribution in [2.75, 3.05) is 39.0 Å². The van der Waals surface area contributed by atoms with Crippen LogP contribution >= 0.6 is 0 Å². The molecule has 2 N–H and O–H groups in total. The van der Waals surface area contributed by atoms with Crippen molar-refractivity contribution in [3.63, 3.8) is 0 Å². The predicted octanol–water partition coefficient (Wildman–Crippen LogP) is 1.73. The fourth-order valence-corrected chi connectivity index (χ4v) is 1.79. The van der Waals surface area contributed by atoms with Gasteiger partial charge >= 0.3 is 0 Å². The molecule has 0 atom stereocenters. The molecule has 0 unspecified atom stereocenters. The van der Waals surface area contributed by atoms with Gasteiger partial charge in [0.25, 0.3) is 0 Å². The third kappa shape index (κ3) is 6.36. The molecule has 0 aliphatic heterocycles. The third-order valence-corrected chi connectivity index (χ3v) is 2.94. The van der Waals surface area contributed by atoms with Crippen LogP contribution in [0.4, 0.5) is 5.69 Å². The van der Waals surface area contributed by atoms with Crippen molar-refractivity contribution in [1.29, 1.82) is 0 Å². The first kappa shape index (κ1) is 15.7. The topological polar surface area (TPSA) is 44.4 Å². The number of nitrogens with one attached hydrogen (secondary N) is 2. The first-order valence-corrected chi connectivity index (χ1v) is 6.86. The van der Waals surface area contributed by atoms with Gasteiger partial charge in [0.1, 0.15) is 0 Å². The molecule has 0 aliphatic carbocycles. The first-order chi connectivity index (χ1) is 9.13. The molecule has 0 fully saturated rings. The number of carbonyl (C=O) groups is 1. The van der Waals surface area contributed by atoms with E-state index in [1.807, 2.05) is 38.4 Å². The Labute approximate surface area is 116 Å². The summed E-state index contributed by atoms with van der Waals surface area (Å²) in [4.78, 5) is 13.9. The van der Waals surface area contributed by atoms with E-state index >= 15 is 0 Å². The summed E-state index contributed by atoms with van der Waals surface area (Å²) in [6.07, 6.45) is 1.43. The van der Waals surface area contributed by atoms with Crippen molar-refractivity contribution in [2.24, 2.45) is 0 Å². The highest BCUT2D eigenvalue weighted by Crippen LogP contribution is 2.15. The SMILES string of the molecule is CCc1ccccc1NC(=O)CCNCCN(C)C. The zero-order chi connectivity index (χ0) is 14.1. The van der Waals surface area contributed by atoms with Gasteiger partial charge < -0.3 is 15.5 Å². The summed E-state index contributed by atoms with van der Waals surface area (Å²) in [5.74, 6) is 0.0678. The van der Waals surface area contributed by atoms with Gasteiger partial charge in [-0.1, -0.05) is 25.1 Å². The molecule has 0 bridgehead atoms. The van der Waals surface area contributed by atoms with Gasteiger partial charge in [-0.25, -0.2) is 0 Å². The van der Waals surface area contributed by atoms with Gasteiger partial charge in [-0.05, 0) is 32.1 Å². The largest absolute Gasteiger partial charge is 0.326 e. The highest BCUT2D eigenvalue weighted by Gasteiger charge is 2.04. The monoisotopic (exact) mass is 263 g/mol. The van der Waals surface area contributed by atoms with Gasteiger partial charge in [0.15, 0.2) is 0 Å². The Morgan fingerprint density at radius 1 is 1.21 bits per heavy atom. The summed E-state index contributed by atoms with van der Waals surface area (Å²) in [6, 6.07) is 7.95. The number of hydrogen-bond donors (Lipinski definition) is 2. The molecule has 1 rings (SSSR count). The van der Waals surface area contributed by atoms with Gasteiger partial charge in [0, 0.05) is 31.7 Å². The summed E-state index contributed by atoms with van der Waals surface area (Å²) >= 11 is 0. The van der Waals surface area contributed by atoms with E-state index in [9.17, 15) is 4.79 Å². The van der Waals surface area contributed by atoms with Crippen LogP contribution in [0.5, 0.6) is 0 Å². The van der Waals surface area contributed by atoms with Crippen LogP contribution in [-0.2, 0) is 11.2 Å². The number of hydrogen-bond acceptors (Lipinski definition) is 3. The number of benzene rings is 1. The second-order valence-corrected chi connectivity index (χ2v) is 4.86. The Morgan fingerprint density at radius 3 is 2.63 bits per heavy atom. The number of para-hydroxylation sites is 1. The number of amides is 1. The minimum absolute atomic E-state index is 0.0678. The molecule has 0 aromatic heterocycles. The predicted molar refractivity (Wildman–Crippen MR) is 80.5 cm³/mol. The van der Waals surface area contributed by atoms with Crippen LogP contribution in [0.2, 0.25) is 0 Å². The van der Waals surface area contributed by atoms with E-state index in [1.54, 1.807) is 0 Å². The zero-order valence-electron chi connectivity index (χ0n) is 12.2. The highest BCUT2D eigenvalue weighted by molar-refractivity contribution is 5.91. The van der Waals surface area contributed by atoms with E-state index in [4.69, 9.17) is 0 Å². The standard InChI is InChI=1S/C15H25N3O/c1-4-13-7-5-6-8-14(13)17-15(19)9-10-16-11-12-18(2)3/h5-8,16H,4,9-12H2,1-3H3,(H,17,19). The molecule has 4 heteroatoms. The zero-order valence-corrected chi connectivity index (χ0v) is 12.2. The summed E-state index contributed by atoms with van der Waals surface area (Å²) in [5, 5.41) is 6.23. The average molecular weight is 263 g/mol. The van der Waals surface area contributed by atoms with Crippen LogP contribution in [0, 0.1) is 0 Å². The minimum Gasteiger partial charge on any atom is -0.326 e. The molecule has 0 radical (unpaired) electrons. The number of aryl methyl sites for hydroxylation is 1. The fourth-order valence-electron chi connectivity index (χ4n) is 1.79. The lowest BCUT2D eigenvalue weighted by Crippen LogP contribution is -2.29. The van der Waals surface area contributed by atoms with E-state index in [1.165, 1.54) is 5.56 Å². The van der Waals surface area contributed by atoms with Crippen molar-refractivity contribution in [3.8, 4) is 0 Å². The number of likely N-dealkylation sites (N-methyl/N-ethyl adjacent to an activating group) is 1. The first-order valence-electron chi connectivity index (χ1n) is 6.86. The van der Waals surface area contributed by atoms with Gasteiger partial charge in [0.2, 0.25) is 5.91 Å². The van der Waals surface area contributed by atoms with Crippen LogP contribution in [0.3, 0.4) is 0 Å². The lowest BCUT2D eigenvalue weighted by Gasteiger charge is -2.11. The molecule has 0 heterocycles. The van der Waals surface area contributed by atoms with Crippen LogP contribution in [0.25, 0.3) is 0 Å². The van der Waals surface area contributed by atoms with E-state index in [0.29, 0.717) is 13.0 Å². The molecule has 106 valence electrons. The maximum Gasteiger partial charge on any atom is 0.225 e.